The van der Waals surface area contributed by atoms with Crippen molar-refractivity contribution >= 4 is 23.5 Å². The number of nitrogens with zero attached hydrogens (tertiary/aromatic N) is 4. The molecule has 2 aromatic carbocycles. The molecule has 1 aromatic heterocycles. The van der Waals surface area contributed by atoms with E-state index in [-0.39, 0.29) is 17.4 Å². The Labute approximate surface area is 180 Å². The minimum Gasteiger partial charge on any atom is -0.345 e. The number of thioether (sulfide) groups is 1. The zero-order valence-corrected chi connectivity index (χ0v) is 18.1. The molecular formula is C22H25N5O2S. The number of amides is 1. The molecule has 156 valence electrons. The second-order valence-electron chi connectivity index (χ2n) is 7.33. The van der Waals surface area contributed by atoms with Gasteiger partial charge in [0.05, 0.1) is 17.5 Å². The third-order valence-electron chi connectivity index (χ3n) is 4.69. The molecule has 0 saturated heterocycles. The fraction of sp³-hybridized carbons (Fsp3) is 0.318. The van der Waals surface area contributed by atoms with Gasteiger partial charge in [-0.1, -0.05) is 68.1 Å². The van der Waals surface area contributed by atoms with Crippen LogP contribution < -0.4 is 5.32 Å². The maximum Gasteiger partial charge on any atom is 0.231 e. The van der Waals surface area contributed by atoms with Crippen LogP contribution in [0.5, 0.6) is 0 Å². The van der Waals surface area contributed by atoms with Gasteiger partial charge in [0.15, 0.2) is 5.78 Å². The molecule has 0 fully saturated rings. The van der Waals surface area contributed by atoms with Crippen LogP contribution in [0.2, 0.25) is 0 Å². The molecule has 0 aliphatic heterocycles. The Bertz CT molecular complexity index is 986. The highest BCUT2D eigenvalue weighted by atomic mass is 32.2. The van der Waals surface area contributed by atoms with Crippen LogP contribution in [0.3, 0.4) is 0 Å². The Kier molecular flexibility index (Phi) is 7.35. The predicted molar refractivity (Wildman–Crippen MR) is 117 cm³/mol. The lowest BCUT2D eigenvalue weighted by molar-refractivity contribution is -0.125. The van der Waals surface area contributed by atoms with Crippen LogP contribution in [-0.4, -0.2) is 43.7 Å². The molecule has 7 nitrogen and oxygen atoms in total. The van der Waals surface area contributed by atoms with Crippen molar-refractivity contribution in [2.75, 3.05) is 5.75 Å². The number of rotatable bonds is 9. The van der Waals surface area contributed by atoms with Gasteiger partial charge >= 0.3 is 0 Å². The van der Waals surface area contributed by atoms with Gasteiger partial charge in [-0.05, 0) is 52.9 Å². The monoisotopic (exact) mass is 423 g/mol. The maximum atomic E-state index is 12.4. The largest absolute Gasteiger partial charge is 0.345 e. The van der Waals surface area contributed by atoms with Crippen LogP contribution in [0.1, 0.15) is 37.8 Å². The minimum absolute atomic E-state index is 0.0766. The quantitative estimate of drug-likeness (QED) is 0.532. The van der Waals surface area contributed by atoms with Crippen molar-refractivity contribution in [3.63, 3.8) is 0 Å². The summed E-state index contributed by atoms with van der Waals surface area (Å²) < 4.78 is 1.61. The van der Waals surface area contributed by atoms with Crippen LogP contribution in [0.25, 0.3) is 5.69 Å². The first-order valence-corrected chi connectivity index (χ1v) is 10.8. The van der Waals surface area contributed by atoms with E-state index in [0.717, 1.165) is 11.3 Å². The first kappa shape index (κ1) is 21.7. The molecule has 0 saturated carbocycles. The molecule has 0 spiro atoms. The van der Waals surface area contributed by atoms with Gasteiger partial charge in [0.2, 0.25) is 11.1 Å². The molecule has 0 unspecified atom stereocenters. The third-order valence-corrected chi connectivity index (χ3v) is 5.61. The summed E-state index contributed by atoms with van der Waals surface area (Å²) in [5.74, 6) is 0.243. The Morgan fingerprint density at radius 1 is 1.07 bits per heavy atom. The Morgan fingerprint density at radius 2 is 1.77 bits per heavy atom. The van der Waals surface area contributed by atoms with Crippen LogP contribution in [0, 0.1) is 0 Å². The summed E-state index contributed by atoms with van der Waals surface area (Å²) in [6.45, 7) is 5.76. The molecule has 0 radical (unpaired) electrons. The van der Waals surface area contributed by atoms with Gasteiger partial charge in [-0.2, -0.15) is 4.68 Å². The number of tetrazole rings is 1. The van der Waals surface area contributed by atoms with Crippen molar-refractivity contribution in [3.8, 4) is 5.69 Å². The van der Waals surface area contributed by atoms with Crippen LogP contribution in [-0.2, 0) is 16.0 Å². The summed E-state index contributed by atoms with van der Waals surface area (Å²) in [6, 6.07) is 17.1. The number of carbonyl (C=O) groups excluding carboxylic acids is 2. The summed E-state index contributed by atoms with van der Waals surface area (Å²) >= 11 is 1.23. The van der Waals surface area contributed by atoms with E-state index in [2.05, 4.69) is 34.7 Å². The van der Waals surface area contributed by atoms with Crippen molar-refractivity contribution in [3.05, 3.63) is 65.7 Å². The van der Waals surface area contributed by atoms with Crippen molar-refractivity contribution < 1.29 is 9.59 Å². The van der Waals surface area contributed by atoms with Gasteiger partial charge in [-0.15, -0.1) is 5.10 Å². The lowest BCUT2D eigenvalue weighted by Gasteiger charge is -2.16. The van der Waals surface area contributed by atoms with Crippen molar-refractivity contribution in [1.29, 1.82) is 0 Å². The molecule has 0 aliphatic carbocycles. The van der Waals surface area contributed by atoms with Crippen molar-refractivity contribution in [2.24, 2.45) is 0 Å². The van der Waals surface area contributed by atoms with E-state index in [1.54, 1.807) is 4.68 Å². The van der Waals surface area contributed by atoms with E-state index in [4.69, 9.17) is 0 Å². The fourth-order valence-corrected chi connectivity index (χ4v) is 3.65. The van der Waals surface area contributed by atoms with Gasteiger partial charge in [0.25, 0.3) is 0 Å². The minimum atomic E-state index is -0.555. The number of carbonyl (C=O) groups is 2. The third kappa shape index (κ3) is 5.76. The van der Waals surface area contributed by atoms with Gasteiger partial charge in [-0.3, -0.25) is 9.59 Å². The molecular weight excluding hydrogens is 398 g/mol. The number of aromatic nitrogens is 4. The first-order valence-electron chi connectivity index (χ1n) is 9.79. The molecule has 0 aliphatic rings. The van der Waals surface area contributed by atoms with Crippen molar-refractivity contribution in [1.82, 2.24) is 25.5 Å². The highest BCUT2D eigenvalue weighted by Gasteiger charge is 2.19. The second kappa shape index (κ2) is 10.2. The van der Waals surface area contributed by atoms with Gasteiger partial charge in [0, 0.05) is 0 Å². The Balaban J connectivity index is 1.61. The zero-order valence-electron chi connectivity index (χ0n) is 17.3. The number of ketones is 1. The summed E-state index contributed by atoms with van der Waals surface area (Å²) in [5, 5.41) is 15.1. The molecule has 3 aromatic rings. The normalized spacial score (nSPS) is 12.0. The number of benzene rings is 2. The fourth-order valence-electron chi connectivity index (χ4n) is 2.94. The maximum absolute atomic E-state index is 12.4. The Morgan fingerprint density at radius 3 is 2.40 bits per heavy atom. The van der Waals surface area contributed by atoms with Crippen LogP contribution in [0.15, 0.2) is 59.8 Å². The van der Waals surface area contributed by atoms with E-state index in [1.807, 2.05) is 54.6 Å². The van der Waals surface area contributed by atoms with Crippen LogP contribution >= 0.6 is 11.8 Å². The highest BCUT2D eigenvalue weighted by Crippen LogP contribution is 2.20. The molecule has 1 N–H and O–H groups in total. The summed E-state index contributed by atoms with van der Waals surface area (Å²) in [6.07, 6.45) is 0.465. The number of hydrogen-bond acceptors (Lipinski definition) is 6. The summed E-state index contributed by atoms with van der Waals surface area (Å²) in [4.78, 5) is 24.4. The predicted octanol–water partition coefficient (Wildman–Crippen LogP) is 3.19. The summed E-state index contributed by atoms with van der Waals surface area (Å²) in [7, 11) is 0. The smallest absolute Gasteiger partial charge is 0.231 e. The molecule has 1 heterocycles. The molecule has 0 bridgehead atoms. The van der Waals surface area contributed by atoms with E-state index in [0.29, 0.717) is 17.5 Å². The molecule has 8 heteroatoms. The zero-order chi connectivity index (χ0) is 21.5. The number of hydrogen-bond donors (Lipinski definition) is 1. The highest BCUT2D eigenvalue weighted by molar-refractivity contribution is 7.99. The van der Waals surface area contributed by atoms with E-state index in [1.165, 1.54) is 24.2 Å². The topological polar surface area (TPSA) is 89.8 Å². The molecule has 1 amide bonds. The lowest BCUT2D eigenvalue weighted by Crippen LogP contribution is -2.42. The van der Waals surface area contributed by atoms with E-state index in [9.17, 15) is 9.59 Å². The number of Topliss-reactive ketones (excluding diaryl/α,β-unsaturated/α-hetero) is 1. The van der Waals surface area contributed by atoms with E-state index < -0.39 is 6.04 Å². The average Bonchev–Trinajstić information content (AvgIpc) is 3.21. The average molecular weight is 424 g/mol. The lowest BCUT2D eigenvalue weighted by atomic mass is 10.0. The Hall–Kier alpha value is -3.00. The molecule has 30 heavy (non-hydrogen) atoms. The van der Waals surface area contributed by atoms with Gasteiger partial charge < -0.3 is 5.32 Å². The van der Waals surface area contributed by atoms with Crippen LogP contribution in [0.4, 0.5) is 0 Å². The standard InChI is InChI=1S/C22H25N5O2S/c1-15(2)18-9-11-19(12-10-18)27-22(24-25-26-27)30-14-21(29)23-20(16(3)28)13-17-7-5-4-6-8-17/h4-12,15,20H,13-14H2,1-3H3,(H,23,29)/t20-/m1/s1. The van der Waals surface area contributed by atoms with Gasteiger partial charge in [0.1, 0.15) is 0 Å². The summed E-state index contributed by atoms with van der Waals surface area (Å²) in [5.41, 5.74) is 3.06. The van der Waals surface area contributed by atoms with Gasteiger partial charge in [-0.25, -0.2) is 0 Å². The molecule has 1 atom stereocenters. The second-order valence-corrected chi connectivity index (χ2v) is 8.27. The molecule has 3 rings (SSSR count). The van der Waals surface area contributed by atoms with Crippen molar-refractivity contribution in [2.45, 2.75) is 44.3 Å². The first-order chi connectivity index (χ1) is 14.4. The van der Waals surface area contributed by atoms with E-state index >= 15 is 0 Å². The number of nitrogens with one attached hydrogen (secondary N) is 1. The SMILES string of the molecule is CC(=O)[C@@H](Cc1ccccc1)NC(=O)CSc1nnnn1-c1ccc(C(C)C)cc1.